The molecule has 5 heteroatoms. The molecule has 0 fully saturated rings. The number of rotatable bonds is 5. The Hall–Kier alpha value is -2.07. The van der Waals surface area contributed by atoms with E-state index in [0.29, 0.717) is 12.2 Å². The minimum Gasteiger partial charge on any atom is -0.481 e. The van der Waals surface area contributed by atoms with Crippen molar-refractivity contribution in [1.29, 1.82) is 0 Å². The largest absolute Gasteiger partial charge is 0.481 e. The van der Waals surface area contributed by atoms with Crippen LogP contribution in [0.2, 0.25) is 5.02 Å². The first-order valence-corrected chi connectivity index (χ1v) is 6.95. The number of anilines is 1. The van der Waals surface area contributed by atoms with Crippen molar-refractivity contribution in [3.63, 3.8) is 0 Å². The van der Waals surface area contributed by atoms with E-state index in [0.717, 1.165) is 6.07 Å². The van der Waals surface area contributed by atoms with Gasteiger partial charge in [0.15, 0.2) is 6.10 Å². The molecule has 0 spiro atoms. The molecule has 0 aliphatic carbocycles. The van der Waals surface area contributed by atoms with Gasteiger partial charge < -0.3 is 10.1 Å². The van der Waals surface area contributed by atoms with E-state index in [1.54, 1.807) is 12.1 Å². The van der Waals surface area contributed by atoms with Crippen LogP contribution in [0.15, 0.2) is 48.5 Å². The number of para-hydroxylation sites is 1. The Morgan fingerprint density at radius 1 is 1.29 bits per heavy atom. The van der Waals surface area contributed by atoms with Gasteiger partial charge in [0.25, 0.3) is 5.91 Å². The van der Waals surface area contributed by atoms with Gasteiger partial charge in [-0.05, 0) is 36.8 Å². The first-order valence-electron chi connectivity index (χ1n) is 6.57. The number of hydrogen-bond donors (Lipinski definition) is 1. The summed E-state index contributed by atoms with van der Waals surface area (Å²) in [6.45, 7) is 1.82. The van der Waals surface area contributed by atoms with Crippen LogP contribution in [0.3, 0.4) is 0 Å². The zero-order valence-electron chi connectivity index (χ0n) is 11.5. The number of nitrogens with one attached hydrogen (secondary N) is 1. The van der Waals surface area contributed by atoms with Crippen molar-refractivity contribution < 1.29 is 13.9 Å². The molecule has 0 bridgehead atoms. The lowest BCUT2D eigenvalue weighted by Crippen LogP contribution is -2.32. The molecule has 1 amide bonds. The summed E-state index contributed by atoms with van der Waals surface area (Å²) in [5.74, 6) is -0.385. The average Bonchev–Trinajstić information content (AvgIpc) is 2.48. The van der Waals surface area contributed by atoms with E-state index in [4.69, 9.17) is 16.3 Å². The highest BCUT2D eigenvalue weighted by Gasteiger charge is 2.19. The zero-order chi connectivity index (χ0) is 15.2. The second-order valence-corrected chi connectivity index (χ2v) is 4.88. The van der Waals surface area contributed by atoms with Gasteiger partial charge >= 0.3 is 0 Å². The van der Waals surface area contributed by atoms with Gasteiger partial charge in [0.2, 0.25) is 0 Å². The first kappa shape index (κ1) is 15.3. The SMILES string of the molecule is CCC(Oc1ccccc1)C(=O)Nc1ccc(Cl)cc1F. The highest BCUT2D eigenvalue weighted by Crippen LogP contribution is 2.20. The van der Waals surface area contributed by atoms with Crippen LogP contribution in [0.5, 0.6) is 5.75 Å². The smallest absolute Gasteiger partial charge is 0.265 e. The molecular formula is C16H15ClFNO2. The lowest BCUT2D eigenvalue weighted by atomic mass is 10.2. The Balaban J connectivity index is 2.06. The van der Waals surface area contributed by atoms with Gasteiger partial charge in [-0.2, -0.15) is 0 Å². The number of carbonyl (C=O) groups is 1. The quantitative estimate of drug-likeness (QED) is 0.895. The predicted octanol–water partition coefficient (Wildman–Crippen LogP) is 4.28. The van der Waals surface area contributed by atoms with E-state index in [9.17, 15) is 9.18 Å². The van der Waals surface area contributed by atoms with Crippen LogP contribution in [0, 0.1) is 5.82 Å². The van der Waals surface area contributed by atoms with Crippen molar-refractivity contribution in [1.82, 2.24) is 0 Å². The predicted molar refractivity (Wildman–Crippen MR) is 81.2 cm³/mol. The molecule has 2 rings (SSSR count). The fraction of sp³-hybridized carbons (Fsp3) is 0.188. The monoisotopic (exact) mass is 307 g/mol. The van der Waals surface area contributed by atoms with Gasteiger partial charge in [-0.3, -0.25) is 4.79 Å². The Labute approximate surface area is 127 Å². The fourth-order valence-corrected chi connectivity index (χ4v) is 1.95. The summed E-state index contributed by atoms with van der Waals surface area (Å²) in [4.78, 5) is 12.1. The van der Waals surface area contributed by atoms with Crippen LogP contribution >= 0.6 is 11.6 Å². The normalized spacial score (nSPS) is 11.8. The summed E-state index contributed by atoms with van der Waals surface area (Å²) in [5.41, 5.74) is 0.0829. The van der Waals surface area contributed by atoms with Crippen molar-refractivity contribution in [2.75, 3.05) is 5.32 Å². The number of ether oxygens (including phenoxy) is 1. The summed E-state index contributed by atoms with van der Waals surface area (Å²) in [5, 5.41) is 2.79. The molecule has 1 unspecified atom stereocenters. The molecule has 0 radical (unpaired) electrons. The van der Waals surface area contributed by atoms with Gasteiger partial charge in [0, 0.05) is 5.02 Å². The van der Waals surface area contributed by atoms with Crippen LogP contribution in [-0.2, 0) is 4.79 Å². The molecule has 0 saturated carbocycles. The molecule has 2 aromatic rings. The molecule has 1 atom stereocenters. The van der Waals surface area contributed by atoms with E-state index >= 15 is 0 Å². The van der Waals surface area contributed by atoms with E-state index in [2.05, 4.69) is 5.32 Å². The summed E-state index contributed by atoms with van der Waals surface area (Å²) in [7, 11) is 0. The summed E-state index contributed by atoms with van der Waals surface area (Å²) in [6, 6.07) is 13.1. The van der Waals surface area contributed by atoms with Gasteiger partial charge in [0.1, 0.15) is 11.6 Å². The lowest BCUT2D eigenvalue weighted by Gasteiger charge is -2.17. The molecule has 110 valence electrons. The summed E-state index contributed by atoms with van der Waals surface area (Å²) >= 11 is 5.67. The number of halogens is 2. The van der Waals surface area contributed by atoms with E-state index in [1.165, 1.54) is 12.1 Å². The van der Waals surface area contributed by atoms with Crippen molar-refractivity contribution in [3.05, 3.63) is 59.4 Å². The van der Waals surface area contributed by atoms with Gasteiger partial charge in [0.05, 0.1) is 5.69 Å². The maximum Gasteiger partial charge on any atom is 0.265 e. The number of benzene rings is 2. The Morgan fingerprint density at radius 2 is 2.00 bits per heavy atom. The van der Waals surface area contributed by atoms with E-state index in [1.807, 2.05) is 25.1 Å². The van der Waals surface area contributed by atoms with E-state index < -0.39 is 17.8 Å². The molecule has 0 heterocycles. The molecular weight excluding hydrogens is 293 g/mol. The minimum atomic E-state index is -0.692. The highest BCUT2D eigenvalue weighted by atomic mass is 35.5. The molecule has 1 N–H and O–H groups in total. The topological polar surface area (TPSA) is 38.3 Å². The molecule has 0 saturated heterocycles. The molecule has 21 heavy (non-hydrogen) atoms. The highest BCUT2D eigenvalue weighted by molar-refractivity contribution is 6.30. The Morgan fingerprint density at radius 3 is 2.62 bits per heavy atom. The average molecular weight is 308 g/mol. The van der Waals surface area contributed by atoms with Crippen molar-refractivity contribution >= 4 is 23.2 Å². The molecule has 0 aliphatic heterocycles. The van der Waals surface area contributed by atoms with Crippen molar-refractivity contribution in [3.8, 4) is 5.75 Å². The van der Waals surface area contributed by atoms with Crippen molar-refractivity contribution in [2.24, 2.45) is 0 Å². The first-order chi connectivity index (χ1) is 10.1. The number of hydrogen-bond acceptors (Lipinski definition) is 2. The third-order valence-corrected chi connectivity index (χ3v) is 3.11. The van der Waals surface area contributed by atoms with Gasteiger partial charge in [-0.15, -0.1) is 0 Å². The lowest BCUT2D eigenvalue weighted by molar-refractivity contribution is -0.122. The van der Waals surface area contributed by atoms with Crippen LogP contribution in [-0.4, -0.2) is 12.0 Å². The standard InChI is InChI=1S/C16H15ClFNO2/c1-2-15(21-12-6-4-3-5-7-12)16(20)19-14-9-8-11(17)10-13(14)18/h3-10,15H,2H2,1H3,(H,19,20). The van der Waals surface area contributed by atoms with E-state index in [-0.39, 0.29) is 10.7 Å². The van der Waals surface area contributed by atoms with Crippen LogP contribution in [0.4, 0.5) is 10.1 Å². The third kappa shape index (κ3) is 4.20. The summed E-state index contributed by atoms with van der Waals surface area (Å²) in [6.07, 6.45) is -0.224. The molecule has 0 aliphatic rings. The van der Waals surface area contributed by atoms with Crippen LogP contribution in [0.25, 0.3) is 0 Å². The Bertz CT molecular complexity index is 619. The number of carbonyl (C=O) groups excluding carboxylic acids is 1. The summed E-state index contributed by atoms with van der Waals surface area (Å²) < 4.78 is 19.3. The Kier molecular flexibility index (Phi) is 5.17. The number of amides is 1. The maximum absolute atomic E-state index is 13.7. The fourth-order valence-electron chi connectivity index (χ4n) is 1.79. The van der Waals surface area contributed by atoms with Gasteiger partial charge in [-0.1, -0.05) is 36.7 Å². The maximum atomic E-state index is 13.7. The molecule has 0 aromatic heterocycles. The molecule has 2 aromatic carbocycles. The van der Waals surface area contributed by atoms with Crippen LogP contribution < -0.4 is 10.1 Å². The van der Waals surface area contributed by atoms with Gasteiger partial charge in [-0.25, -0.2) is 4.39 Å². The minimum absolute atomic E-state index is 0.0829. The third-order valence-electron chi connectivity index (χ3n) is 2.87. The second kappa shape index (κ2) is 7.09. The molecule has 3 nitrogen and oxygen atoms in total. The second-order valence-electron chi connectivity index (χ2n) is 4.44. The van der Waals surface area contributed by atoms with Crippen molar-refractivity contribution in [2.45, 2.75) is 19.4 Å². The van der Waals surface area contributed by atoms with Crippen LogP contribution in [0.1, 0.15) is 13.3 Å². The zero-order valence-corrected chi connectivity index (χ0v) is 12.2.